The zero-order valence-corrected chi connectivity index (χ0v) is 16.4. The number of likely N-dealkylation sites (N-methyl/N-ethyl adjacent to an activating group) is 1. The Morgan fingerprint density at radius 3 is 2.62 bits per heavy atom. The summed E-state index contributed by atoms with van der Waals surface area (Å²) in [6.45, 7) is 7.84. The van der Waals surface area contributed by atoms with E-state index >= 15 is 0 Å². The third kappa shape index (κ3) is 9.52. The van der Waals surface area contributed by atoms with Crippen LogP contribution in [-0.2, 0) is 4.74 Å². The molecule has 0 aromatic heterocycles. The van der Waals surface area contributed by atoms with Gasteiger partial charge in [-0.1, -0.05) is 0 Å². The summed E-state index contributed by atoms with van der Waals surface area (Å²) in [7, 11) is 4.04. The van der Waals surface area contributed by atoms with E-state index in [1.807, 2.05) is 14.0 Å². The number of nitrogens with zero attached hydrogens (tertiary/aromatic N) is 2. The zero-order valence-electron chi connectivity index (χ0n) is 14.0. The second-order valence-corrected chi connectivity index (χ2v) is 5.53. The molecule has 0 radical (unpaired) electrons. The molecule has 0 spiro atoms. The quantitative estimate of drug-likeness (QED) is 0.250. The minimum absolute atomic E-state index is 0. The number of halogens is 1. The monoisotopic (exact) mass is 412 g/mol. The molecule has 0 bridgehead atoms. The average molecular weight is 412 g/mol. The van der Waals surface area contributed by atoms with Crippen molar-refractivity contribution >= 4 is 29.9 Å². The highest BCUT2D eigenvalue weighted by Crippen LogP contribution is 2.26. The van der Waals surface area contributed by atoms with Crippen molar-refractivity contribution in [3.8, 4) is 0 Å². The fourth-order valence-electron chi connectivity index (χ4n) is 2.13. The van der Waals surface area contributed by atoms with E-state index in [2.05, 4.69) is 34.5 Å². The lowest BCUT2D eigenvalue weighted by atomic mass is 10.3. The third-order valence-electron chi connectivity index (χ3n) is 3.82. The first kappa shape index (κ1) is 20.9. The Bertz CT molecular complexity index is 285. The number of unbranched alkanes of at least 4 members (excludes halogenated alkanes) is 1. The first-order valence-electron chi connectivity index (χ1n) is 7.93. The van der Waals surface area contributed by atoms with Crippen LogP contribution < -0.4 is 10.6 Å². The molecular weight excluding hydrogens is 379 g/mol. The largest absolute Gasteiger partial charge is 0.382 e. The third-order valence-corrected chi connectivity index (χ3v) is 3.82. The Kier molecular flexibility index (Phi) is 12.4. The molecule has 1 unspecified atom stereocenters. The van der Waals surface area contributed by atoms with E-state index in [0.29, 0.717) is 6.04 Å². The van der Waals surface area contributed by atoms with Gasteiger partial charge in [-0.25, -0.2) is 0 Å². The van der Waals surface area contributed by atoms with Gasteiger partial charge in [0.05, 0.1) is 0 Å². The van der Waals surface area contributed by atoms with Crippen molar-refractivity contribution in [3.63, 3.8) is 0 Å². The van der Waals surface area contributed by atoms with Crippen LogP contribution in [0.3, 0.4) is 0 Å². The highest BCUT2D eigenvalue weighted by Gasteiger charge is 2.28. The summed E-state index contributed by atoms with van der Waals surface area (Å²) in [5, 5.41) is 6.75. The molecule has 21 heavy (non-hydrogen) atoms. The Balaban J connectivity index is 0.00000400. The summed E-state index contributed by atoms with van der Waals surface area (Å²) in [6.07, 6.45) is 4.91. The lowest BCUT2D eigenvalue weighted by Crippen LogP contribution is -2.45. The van der Waals surface area contributed by atoms with Crippen molar-refractivity contribution in [3.05, 3.63) is 0 Å². The summed E-state index contributed by atoms with van der Waals surface area (Å²) in [5.74, 6) is 0.900. The van der Waals surface area contributed by atoms with E-state index < -0.39 is 0 Å². The number of nitrogens with one attached hydrogen (secondary N) is 2. The molecule has 0 saturated heterocycles. The minimum Gasteiger partial charge on any atom is -0.382 e. The van der Waals surface area contributed by atoms with Crippen LogP contribution in [0, 0.1) is 0 Å². The molecule has 1 atom stereocenters. The van der Waals surface area contributed by atoms with E-state index in [1.165, 1.54) is 12.8 Å². The molecule has 1 aliphatic rings. The molecule has 1 fully saturated rings. The molecule has 126 valence electrons. The highest BCUT2D eigenvalue weighted by atomic mass is 127. The molecule has 1 aliphatic carbocycles. The fourth-order valence-corrected chi connectivity index (χ4v) is 2.13. The van der Waals surface area contributed by atoms with Gasteiger partial charge in [0, 0.05) is 45.4 Å². The lowest BCUT2D eigenvalue weighted by molar-refractivity contribution is 0.143. The molecule has 0 aliphatic heterocycles. The number of guanidine groups is 1. The molecule has 0 aromatic rings. The number of hydrogen-bond acceptors (Lipinski definition) is 3. The van der Waals surface area contributed by atoms with Gasteiger partial charge in [-0.05, 0) is 46.6 Å². The molecule has 1 saturated carbocycles. The minimum atomic E-state index is 0. The smallest absolute Gasteiger partial charge is 0.191 e. The van der Waals surface area contributed by atoms with Crippen LogP contribution in [0.15, 0.2) is 4.99 Å². The zero-order chi connectivity index (χ0) is 14.8. The normalized spacial score (nSPS) is 16.5. The van der Waals surface area contributed by atoms with Crippen molar-refractivity contribution in [1.82, 2.24) is 15.5 Å². The van der Waals surface area contributed by atoms with Gasteiger partial charge in [0.15, 0.2) is 5.96 Å². The van der Waals surface area contributed by atoms with Crippen molar-refractivity contribution < 1.29 is 4.74 Å². The van der Waals surface area contributed by atoms with E-state index in [9.17, 15) is 0 Å². The molecule has 0 aromatic carbocycles. The van der Waals surface area contributed by atoms with Crippen LogP contribution in [0.1, 0.15) is 39.5 Å². The summed E-state index contributed by atoms with van der Waals surface area (Å²) < 4.78 is 5.32. The fraction of sp³-hybridized carbons (Fsp3) is 0.933. The SMILES string of the molecule is CCOCCCCNC(=NC)NCC(C)N(C)C1CC1.I. The maximum Gasteiger partial charge on any atom is 0.191 e. The van der Waals surface area contributed by atoms with Gasteiger partial charge in [0.2, 0.25) is 0 Å². The van der Waals surface area contributed by atoms with Crippen LogP contribution in [-0.4, -0.2) is 63.3 Å². The molecule has 6 heteroatoms. The van der Waals surface area contributed by atoms with E-state index in [0.717, 1.165) is 51.1 Å². The Hall–Kier alpha value is -0.0800. The number of rotatable bonds is 10. The second kappa shape index (κ2) is 12.5. The summed E-state index contributed by atoms with van der Waals surface area (Å²) in [4.78, 5) is 6.72. The molecule has 1 rings (SSSR count). The maximum atomic E-state index is 5.32. The van der Waals surface area contributed by atoms with Gasteiger partial charge in [0.1, 0.15) is 0 Å². The maximum absolute atomic E-state index is 5.32. The Morgan fingerprint density at radius 1 is 1.33 bits per heavy atom. The van der Waals surface area contributed by atoms with Gasteiger partial charge in [-0.3, -0.25) is 9.89 Å². The molecule has 0 heterocycles. The van der Waals surface area contributed by atoms with Crippen molar-refractivity contribution in [1.29, 1.82) is 0 Å². The van der Waals surface area contributed by atoms with Crippen molar-refractivity contribution in [2.45, 2.75) is 51.6 Å². The number of hydrogen-bond donors (Lipinski definition) is 2. The first-order valence-corrected chi connectivity index (χ1v) is 7.93. The van der Waals surface area contributed by atoms with Crippen molar-refractivity contribution in [2.24, 2.45) is 4.99 Å². The Labute approximate surface area is 147 Å². The van der Waals surface area contributed by atoms with Crippen molar-refractivity contribution in [2.75, 3.05) is 40.4 Å². The van der Waals surface area contributed by atoms with Crippen LogP contribution in [0.2, 0.25) is 0 Å². The van der Waals surface area contributed by atoms with Gasteiger partial charge < -0.3 is 15.4 Å². The van der Waals surface area contributed by atoms with E-state index in [-0.39, 0.29) is 24.0 Å². The molecular formula is C15H33IN4O. The van der Waals surface area contributed by atoms with Crippen LogP contribution in [0.4, 0.5) is 0 Å². The highest BCUT2D eigenvalue weighted by molar-refractivity contribution is 14.0. The van der Waals surface area contributed by atoms with Gasteiger partial charge in [-0.2, -0.15) is 0 Å². The van der Waals surface area contributed by atoms with Gasteiger partial charge in [0.25, 0.3) is 0 Å². The summed E-state index contributed by atoms with van der Waals surface area (Å²) >= 11 is 0. The lowest BCUT2D eigenvalue weighted by Gasteiger charge is -2.25. The van der Waals surface area contributed by atoms with Crippen LogP contribution >= 0.6 is 24.0 Å². The second-order valence-electron chi connectivity index (χ2n) is 5.53. The Morgan fingerprint density at radius 2 is 2.05 bits per heavy atom. The standard InChI is InChI=1S/C15H32N4O.HI/c1-5-20-11-7-6-10-17-15(16-3)18-12-13(2)19(4)14-8-9-14;/h13-14H,5-12H2,1-4H3,(H2,16,17,18);1H. The van der Waals surface area contributed by atoms with Gasteiger partial charge in [-0.15, -0.1) is 24.0 Å². The molecule has 5 nitrogen and oxygen atoms in total. The van der Waals surface area contributed by atoms with E-state index in [1.54, 1.807) is 0 Å². The predicted molar refractivity (Wildman–Crippen MR) is 101 cm³/mol. The van der Waals surface area contributed by atoms with Crippen LogP contribution in [0.25, 0.3) is 0 Å². The van der Waals surface area contributed by atoms with Crippen LogP contribution in [0.5, 0.6) is 0 Å². The van der Waals surface area contributed by atoms with Gasteiger partial charge >= 0.3 is 0 Å². The predicted octanol–water partition coefficient (Wildman–Crippen LogP) is 2.07. The van der Waals surface area contributed by atoms with E-state index in [4.69, 9.17) is 4.74 Å². The average Bonchev–Trinajstić information content (AvgIpc) is 3.29. The summed E-state index contributed by atoms with van der Waals surface area (Å²) in [5.41, 5.74) is 0. The number of aliphatic imine (C=N–C) groups is 1. The first-order chi connectivity index (χ1) is 9.69. The molecule has 2 N–H and O–H groups in total. The topological polar surface area (TPSA) is 48.9 Å². The molecule has 0 amide bonds. The summed E-state index contributed by atoms with van der Waals surface area (Å²) in [6, 6.07) is 1.35. The number of ether oxygens (including phenoxy) is 1.